The maximum atomic E-state index is 13.1. The van der Waals surface area contributed by atoms with Crippen molar-refractivity contribution < 1.29 is 31.5 Å². The van der Waals surface area contributed by atoms with Crippen molar-refractivity contribution in [3.8, 4) is 11.5 Å². The lowest BCUT2D eigenvalue weighted by molar-refractivity contribution is -0.121. The third-order valence-corrected chi connectivity index (χ3v) is 5.04. The molecule has 0 fully saturated rings. The number of halogens is 2. The molecule has 0 aliphatic heterocycles. The van der Waals surface area contributed by atoms with Crippen LogP contribution >= 0.6 is 0 Å². The average Bonchev–Trinajstić information content (AvgIpc) is 2.67. The van der Waals surface area contributed by atoms with E-state index in [-0.39, 0.29) is 32.0 Å². The molecule has 2 aromatic rings. The van der Waals surface area contributed by atoms with Gasteiger partial charge in [-0.2, -0.15) is 0 Å². The Hall–Kier alpha value is -2.72. The number of ether oxygens (including phenoxy) is 2. The fraction of sp³-hybridized carbons (Fsp3) is 0.278. The zero-order valence-corrected chi connectivity index (χ0v) is 15.9. The van der Waals surface area contributed by atoms with E-state index in [9.17, 15) is 22.0 Å². The summed E-state index contributed by atoms with van der Waals surface area (Å²) >= 11 is 0. The number of nitrogens with one attached hydrogen (secondary N) is 2. The summed E-state index contributed by atoms with van der Waals surface area (Å²) < 4.78 is 62.7. The lowest BCUT2D eigenvalue weighted by Gasteiger charge is -2.09. The molecular weight excluding hydrogens is 394 g/mol. The highest BCUT2D eigenvalue weighted by Crippen LogP contribution is 2.18. The van der Waals surface area contributed by atoms with E-state index in [1.807, 2.05) is 0 Å². The maximum absolute atomic E-state index is 13.1. The normalized spacial score (nSPS) is 11.1. The molecule has 0 unspecified atom stereocenters. The zero-order chi connectivity index (χ0) is 20.6. The van der Waals surface area contributed by atoms with Crippen molar-refractivity contribution in [3.63, 3.8) is 0 Å². The Kier molecular flexibility index (Phi) is 7.70. The van der Waals surface area contributed by atoms with Gasteiger partial charge in [0.1, 0.15) is 18.1 Å². The highest BCUT2D eigenvalue weighted by Gasteiger charge is 2.16. The summed E-state index contributed by atoms with van der Waals surface area (Å²) in [4.78, 5) is 11.3. The molecule has 10 heteroatoms. The molecule has 0 aromatic heterocycles. The van der Waals surface area contributed by atoms with Crippen molar-refractivity contribution >= 4 is 15.9 Å². The molecule has 0 heterocycles. The van der Waals surface area contributed by atoms with Crippen molar-refractivity contribution in [1.29, 1.82) is 0 Å². The number of rotatable bonds is 10. The molecule has 2 aromatic carbocycles. The molecule has 0 atom stereocenters. The number of sulfonamides is 1. The Balaban J connectivity index is 1.69. The van der Waals surface area contributed by atoms with E-state index in [1.165, 1.54) is 0 Å². The first-order valence-corrected chi connectivity index (χ1v) is 9.78. The zero-order valence-electron chi connectivity index (χ0n) is 15.1. The van der Waals surface area contributed by atoms with E-state index in [1.54, 1.807) is 31.4 Å². The predicted octanol–water partition coefficient (Wildman–Crippen LogP) is 1.84. The minimum atomic E-state index is -4.04. The third kappa shape index (κ3) is 6.46. The van der Waals surface area contributed by atoms with Gasteiger partial charge in [0.05, 0.1) is 18.6 Å². The van der Waals surface area contributed by atoms with E-state index in [0.717, 1.165) is 12.1 Å². The minimum Gasteiger partial charge on any atom is -0.497 e. The summed E-state index contributed by atoms with van der Waals surface area (Å²) in [6, 6.07) is 9.23. The molecule has 0 bridgehead atoms. The molecule has 2 rings (SSSR count). The first-order chi connectivity index (χ1) is 13.3. The summed E-state index contributed by atoms with van der Waals surface area (Å²) in [5.41, 5.74) is 0. The molecule has 0 aliphatic rings. The van der Waals surface area contributed by atoms with E-state index >= 15 is 0 Å². The third-order valence-electron chi connectivity index (χ3n) is 3.58. The monoisotopic (exact) mass is 414 g/mol. The Bertz CT molecular complexity index is 922. The van der Waals surface area contributed by atoms with Crippen LogP contribution in [0.1, 0.15) is 6.42 Å². The van der Waals surface area contributed by atoms with Crippen LogP contribution < -0.4 is 19.5 Å². The van der Waals surface area contributed by atoms with Gasteiger partial charge < -0.3 is 14.8 Å². The molecular formula is C18H20F2N2O5S. The van der Waals surface area contributed by atoms with Crippen LogP contribution in [0.3, 0.4) is 0 Å². The van der Waals surface area contributed by atoms with Gasteiger partial charge in [-0.05, 0) is 30.3 Å². The topological polar surface area (TPSA) is 93.7 Å². The molecule has 0 aliphatic carbocycles. The predicted molar refractivity (Wildman–Crippen MR) is 97.7 cm³/mol. The number of methoxy groups -OCH3 is 1. The Morgan fingerprint density at radius 3 is 2.50 bits per heavy atom. The minimum absolute atomic E-state index is 0.123. The largest absolute Gasteiger partial charge is 0.497 e. The highest BCUT2D eigenvalue weighted by molar-refractivity contribution is 7.89. The van der Waals surface area contributed by atoms with E-state index in [0.29, 0.717) is 17.6 Å². The Labute approximate surface area is 161 Å². The van der Waals surface area contributed by atoms with E-state index in [2.05, 4.69) is 10.0 Å². The summed E-state index contributed by atoms with van der Waals surface area (Å²) in [7, 11) is -2.49. The molecule has 28 heavy (non-hydrogen) atoms. The molecule has 0 radical (unpaired) electrons. The van der Waals surface area contributed by atoms with Crippen LogP contribution in [-0.2, 0) is 14.8 Å². The molecule has 0 spiro atoms. The van der Waals surface area contributed by atoms with Gasteiger partial charge in [-0.3, -0.25) is 4.79 Å². The second-order valence-electron chi connectivity index (χ2n) is 5.60. The standard InChI is InChI=1S/C18H20F2N2O5S/c1-26-13-3-2-4-14(11-13)27-10-9-21-18(23)7-8-22-28(24,25)15-5-6-16(19)17(20)12-15/h2-6,11-12,22H,7-10H2,1H3,(H,21,23). The lowest BCUT2D eigenvalue weighted by Crippen LogP contribution is -2.32. The average molecular weight is 414 g/mol. The van der Waals surface area contributed by atoms with Gasteiger partial charge in [-0.1, -0.05) is 6.07 Å². The first-order valence-electron chi connectivity index (χ1n) is 8.30. The van der Waals surface area contributed by atoms with Gasteiger partial charge in [0.25, 0.3) is 0 Å². The van der Waals surface area contributed by atoms with Crippen LogP contribution in [0.4, 0.5) is 8.78 Å². The summed E-state index contributed by atoms with van der Waals surface area (Å²) in [6.07, 6.45) is -0.123. The number of benzene rings is 2. The van der Waals surface area contributed by atoms with Gasteiger partial charge in [0.15, 0.2) is 11.6 Å². The van der Waals surface area contributed by atoms with Gasteiger partial charge >= 0.3 is 0 Å². The lowest BCUT2D eigenvalue weighted by atomic mass is 10.3. The van der Waals surface area contributed by atoms with Crippen molar-refractivity contribution in [3.05, 3.63) is 54.1 Å². The van der Waals surface area contributed by atoms with Crippen LogP contribution in [0.2, 0.25) is 0 Å². The van der Waals surface area contributed by atoms with Crippen LogP contribution in [0.15, 0.2) is 47.4 Å². The van der Waals surface area contributed by atoms with Crippen molar-refractivity contribution in [1.82, 2.24) is 10.0 Å². The molecule has 1 amide bonds. The molecule has 7 nitrogen and oxygen atoms in total. The number of carbonyl (C=O) groups excluding carboxylic acids is 1. The number of carbonyl (C=O) groups is 1. The fourth-order valence-electron chi connectivity index (χ4n) is 2.16. The van der Waals surface area contributed by atoms with Gasteiger partial charge in [-0.15, -0.1) is 0 Å². The Morgan fingerprint density at radius 1 is 1.04 bits per heavy atom. The molecule has 2 N–H and O–H groups in total. The second-order valence-corrected chi connectivity index (χ2v) is 7.37. The number of hydrogen-bond acceptors (Lipinski definition) is 5. The van der Waals surface area contributed by atoms with Crippen molar-refractivity contribution in [2.75, 3.05) is 26.8 Å². The van der Waals surface area contributed by atoms with Crippen molar-refractivity contribution in [2.45, 2.75) is 11.3 Å². The number of amides is 1. The number of hydrogen-bond donors (Lipinski definition) is 2. The summed E-state index contributed by atoms with van der Waals surface area (Å²) in [5.74, 6) is -1.56. The molecule has 0 saturated heterocycles. The van der Waals surface area contributed by atoms with Crippen LogP contribution in [-0.4, -0.2) is 41.1 Å². The summed E-state index contributed by atoms with van der Waals surface area (Å²) in [5, 5.41) is 2.58. The smallest absolute Gasteiger partial charge is 0.240 e. The molecule has 0 saturated carbocycles. The second kappa shape index (κ2) is 10.00. The van der Waals surface area contributed by atoms with Gasteiger partial charge in [0, 0.05) is 19.0 Å². The Morgan fingerprint density at radius 2 is 1.79 bits per heavy atom. The molecule has 152 valence electrons. The van der Waals surface area contributed by atoms with Crippen molar-refractivity contribution in [2.24, 2.45) is 0 Å². The first kappa shape index (κ1) is 21.6. The van der Waals surface area contributed by atoms with Crippen LogP contribution in [0.5, 0.6) is 11.5 Å². The fourth-order valence-corrected chi connectivity index (χ4v) is 3.21. The SMILES string of the molecule is COc1cccc(OCCNC(=O)CCNS(=O)(=O)c2ccc(F)c(F)c2)c1. The maximum Gasteiger partial charge on any atom is 0.240 e. The van der Waals surface area contributed by atoms with E-state index in [4.69, 9.17) is 9.47 Å². The quantitative estimate of drug-likeness (QED) is 0.579. The van der Waals surface area contributed by atoms with Gasteiger partial charge in [0.2, 0.25) is 15.9 Å². The van der Waals surface area contributed by atoms with E-state index < -0.39 is 26.6 Å². The highest BCUT2D eigenvalue weighted by atomic mass is 32.2. The summed E-state index contributed by atoms with van der Waals surface area (Å²) in [6.45, 7) is 0.259. The van der Waals surface area contributed by atoms with Crippen LogP contribution in [0.25, 0.3) is 0 Å². The van der Waals surface area contributed by atoms with Crippen LogP contribution in [0, 0.1) is 11.6 Å². The van der Waals surface area contributed by atoms with Gasteiger partial charge in [-0.25, -0.2) is 21.9 Å².